The van der Waals surface area contributed by atoms with Gasteiger partial charge in [-0.3, -0.25) is 0 Å². The summed E-state index contributed by atoms with van der Waals surface area (Å²) in [5, 5.41) is 10.1. The second-order valence-corrected chi connectivity index (χ2v) is 5.53. The van der Waals surface area contributed by atoms with Gasteiger partial charge in [0.25, 0.3) is 0 Å². The highest BCUT2D eigenvalue weighted by atomic mass is 16.5. The molecule has 0 aliphatic carbocycles. The first-order chi connectivity index (χ1) is 8.73. The first-order valence-electron chi connectivity index (χ1n) is 6.28. The molecule has 0 bridgehead atoms. The molecule has 3 nitrogen and oxygen atoms in total. The molecule has 2 atom stereocenters. The Labute approximate surface area is 114 Å². The number of ether oxygens (including phenoxy) is 2. The molecule has 0 amide bonds. The summed E-state index contributed by atoms with van der Waals surface area (Å²) in [4.78, 5) is 0. The summed E-state index contributed by atoms with van der Waals surface area (Å²) < 4.78 is 11.4. The minimum absolute atomic E-state index is 0.171. The van der Waals surface area contributed by atoms with E-state index in [0.29, 0.717) is 28.4 Å². The molecule has 2 rings (SSSR count). The van der Waals surface area contributed by atoms with Crippen LogP contribution in [0.25, 0.3) is 0 Å². The zero-order valence-corrected chi connectivity index (χ0v) is 11.7. The van der Waals surface area contributed by atoms with Crippen molar-refractivity contribution < 1.29 is 14.6 Å². The van der Waals surface area contributed by atoms with Crippen molar-refractivity contribution in [2.45, 2.75) is 32.5 Å². The molecular formula is C16H20O3. The Morgan fingerprint density at radius 1 is 1.26 bits per heavy atom. The second kappa shape index (κ2) is 4.42. The van der Waals surface area contributed by atoms with E-state index in [1.807, 2.05) is 32.9 Å². The summed E-state index contributed by atoms with van der Waals surface area (Å²) >= 11 is 0. The molecule has 0 spiro atoms. The first kappa shape index (κ1) is 13.7. The minimum Gasteiger partial charge on any atom is -0.484 e. The van der Waals surface area contributed by atoms with E-state index in [0.717, 1.165) is 0 Å². The van der Waals surface area contributed by atoms with Crippen molar-refractivity contribution in [1.82, 2.24) is 0 Å². The standard InChI is InChI=1S/C16H20O3/c1-9-11(3)18-15(10(2)14(9)17)13-7-8-16(5,6)19-12(13)4/h7-9,14,17H,2-4H2,1,5-6H3/b15-13+/t9-,14?/m1/s1. The van der Waals surface area contributed by atoms with E-state index in [1.165, 1.54) is 0 Å². The molecule has 19 heavy (non-hydrogen) atoms. The number of hydrogen-bond acceptors (Lipinski definition) is 3. The Hall–Kier alpha value is -1.74. The Bertz CT molecular complexity index is 520. The fourth-order valence-electron chi connectivity index (χ4n) is 2.12. The predicted octanol–water partition coefficient (Wildman–Crippen LogP) is 3.22. The summed E-state index contributed by atoms with van der Waals surface area (Å²) in [5.74, 6) is 1.36. The van der Waals surface area contributed by atoms with Crippen LogP contribution in [0.3, 0.4) is 0 Å². The first-order valence-corrected chi connectivity index (χ1v) is 6.28. The van der Waals surface area contributed by atoms with E-state index in [1.54, 1.807) is 0 Å². The van der Waals surface area contributed by atoms with Crippen LogP contribution in [-0.4, -0.2) is 16.8 Å². The summed E-state index contributed by atoms with van der Waals surface area (Å²) in [6.07, 6.45) is 3.12. The molecule has 1 fully saturated rings. The molecule has 2 aliphatic heterocycles. The molecule has 102 valence electrons. The van der Waals surface area contributed by atoms with Gasteiger partial charge in [-0.1, -0.05) is 26.7 Å². The third-order valence-electron chi connectivity index (χ3n) is 3.45. The molecule has 0 radical (unpaired) electrons. The molecule has 1 N–H and O–H groups in total. The third kappa shape index (κ3) is 2.38. The maximum atomic E-state index is 10.1. The smallest absolute Gasteiger partial charge is 0.143 e. The van der Waals surface area contributed by atoms with Crippen LogP contribution >= 0.6 is 0 Å². The van der Waals surface area contributed by atoms with Gasteiger partial charge >= 0.3 is 0 Å². The van der Waals surface area contributed by atoms with E-state index in [9.17, 15) is 5.11 Å². The second-order valence-electron chi connectivity index (χ2n) is 5.53. The average molecular weight is 260 g/mol. The van der Waals surface area contributed by atoms with Crippen LogP contribution in [0.2, 0.25) is 0 Å². The molecule has 3 heteroatoms. The Balaban J connectivity index is 2.45. The van der Waals surface area contributed by atoms with Gasteiger partial charge in [0.1, 0.15) is 22.9 Å². The molecule has 1 unspecified atom stereocenters. The highest BCUT2D eigenvalue weighted by molar-refractivity contribution is 5.49. The van der Waals surface area contributed by atoms with Crippen LogP contribution in [0.4, 0.5) is 0 Å². The van der Waals surface area contributed by atoms with Crippen molar-refractivity contribution in [3.63, 3.8) is 0 Å². The number of allylic oxidation sites excluding steroid dienone is 1. The Morgan fingerprint density at radius 3 is 2.47 bits per heavy atom. The van der Waals surface area contributed by atoms with E-state index >= 15 is 0 Å². The maximum Gasteiger partial charge on any atom is 0.143 e. The van der Waals surface area contributed by atoms with Gasteiger partial charge in [-0.15, -0.1) is 0 Å². The van der Waals surface area contributed by atoms with Crippen LogP contribution in [0.15, 0.2) is 60.3 Å². The Kier molecular flexibility index (Phi) is 3.19. The predicted molar refractivity (Wildman–Crippen MR) is 75.0 cm³/mol. The van der Waals surface area contributed by atoms with Crippen molar-refractivity contribution in [3.8, 4) is 0 Å². The van der Waals surface area contributed by atoms with Crippen LogP contribution in [0.1, 0.15) is 20.8 Å². The van der Waals surface area contributed by atoms with Gasteiger partial charge in [0.05, 0.1) is 11.7 Å². The third-order valence-corrected chi connectivity index (χ3v) is 3.45. The summed E-state index contributed by atoms with van der Waals surface area (Å²) in [6.45, 7) is 17.4. The molecular weight excluding hydrogens is 240 g/mol. The highest BCUT2D eigenvalue weighted by Gasteiger charge is 2.34. The van der Waals surface area contributed by atoms with E-state index in [-0.39, 0.29) is 11.5 Å². The number of hydrogen-bond donors (Lipinski definition) is 1. The Morgan fingerprint density at radius 2 is 1.89 bits per heavy atom. The van der Waals surface area contributed by atoms with Gasteiger partial charge in [0.2, 0.25) is 0 Å². The van der Waals surface area contributed by atoms with Crippen molar-refractivity contribution in [2.24, 2.45) is 5.92 Å². The molecule has 0 aromatic carbocycles. The van der Waals surface area contributed by atoms with Gasteiger partial charge in [-0.2, -0.15) is 0 Å². The topological polar surface area (TPSA) is 38.7 Å². The van der Waals surface area contributed by atoms with Crippen LogP contribution in [0.5, 0.6) is 0 Å². The highest BCUT2D eigenvalue weighted by Crippen LogP contribution is 2.38. The van der Waals surface area contributed by atoms with Crippen LogP contribution in [-0.2, 0) is 9.47 Å². The largest absolute Gasteiger partial charge is 0.484 e. The van der Waals surface area contributed by atoms with Gasteiger partial charge in [-0.25, -0.2) is 0 Å². The summed E-state index contributed by atoms with van der Waals surface area (Å²) in [7, 11) is 0. The van der Waals surface area contributed by atoms with Gasteiger partial charge in [0, 0.05) is 11.5 Å². The monoisotopic (exact) mass is 260 g/mol. The zero-order chi connectivity index (χ0) is 14.4. The van der Waals surface area contributed by atoms with Gasteiger partial charge in [-0.05, 0) is 26.0 Å². The molecule has 0 aromatic heterocycles. The lowest BCUT2D eigenvalue weighted by Crippen LogP contribution is -2.31. The maximum absolute atomic E-state index is 10.1. The fourth-order valence-corrected chi connectivity index (χ4v) is 2.12. The van der Waals surface area contributed by atoms with Crippen molar-refractivity contribution in [3.05, 3.63) is 60.3 Å². The van der Waals surface area contributed by atoms with Gasteiger partial charge in [0.15, 0.2) is 0 Å². The zero-order valence-electron chi connectivity index (χ0n) is 11.7. The average Bonchev–Trinajstić information content (AvgIpc) is 2.31. The SMILES string of the molecule is C=C1OC(C)(C)C=C/C1=C1\OC(=C)[C@@H](C)C(O)C1=C. The lowest BCUT2D eigenvalue weighted by atomic mass is 9.90. The molecule has 1 saturated heterocycles. The normalized spacial score (nSPS) is 34.0. The van der Waals surface area contributed by atoms with E-state index in [4.69, 9.17) is 9.47 Å². The van der Waals surface area contributed by atoms with Crippen molar-refractivity contribution in [2.75, 3.05) is 0 Å². The molecule has 2 heterocycles. The molecule has 2 aliphatic rings. The lowest BCUT2D eigenvalue weighted by Gasteiger charge is -2.34. The molecule has 0 aromatic rings. The summed E-state index contributed by atoms with van der Waals surface area (Å²) in [6, 6.07) is 0. The molecule has 0 saturated carbocycles. The van der Waals surface area contributed by atoms with Crippen LogP contribution < -0.4 is 0 Å². The number of aliphatic hydroxyl groups excluding tert-OH is 1. The van der Waals surface area contributed by atoms with E-state index in [2.05, 4.69) is 19.7 Å². The lowest BCUT2D eigenvalue weighted by molar-refractivity contribution is 0.0737. The number of rotatable bonds is 0. The van der Waals surface area contributed by atoms with Crippen molar-refractivity contribution >= 4 is 0 Å². The van der Waals surface area contributed by atoms with Crippen molar-refractivity contribution in [1.29, 1.82) is 0 Å². The van der Waals surface area contributed by atoms with E-state index < -0.39 is 6.10 Å². The fraction of sp³-hybridized carbons (Fsp3) is 0.375. The number of aliphatic hydroxyl groups is 1. The van der Waals surface area contributed by atoms with Gasteiger partial charge < -0.3 is 14.6 Å². The van der Waals surface area contributed by atoms with Crippen LogP contribution in [0, 0.1) is 5.92 Å². The quantitative estimate of drug-likeness (QED) is 0.727. The minimum atomic E-state index is -0.695. The summed E-state index contributed by atoms with van der Waals surface area (Å²) in [5.41, 5.74) is 0.848.